The molecule has 0 unspecified atom stereocenters. The van der Waals surface area contributed by atoms with Gasteiger partial charge in [0.25, 0.3) is 0 Å². The number of rotatable bonds is 7. The van der Waals surface area contributed by atoms with Gasteiger partial charge < -0.3 is 20.9 Å². The summed E-state index contributed by atoms with van der Waals surface area (Å²) in [5, 5.41) is 0. The predicted octanol–water partition coefficient (Wildman–Crippen LogP) is 7.39. The zero-order valence-corrected chi connectivity index (χ0v) is 18.0. The fourth-order valence-electron chi connectivity index (χ4n) is 3.30. The van der Waals surface area contributed by atoms with E-state index in [9.17, 15) is 0 Å². The molecule has 0 radical (unpaired) electrons. The third-order valence-corrected chi connectivity index (χ3v) is 5.06. The highest BCUT2D eigenvalue weighted by molar-refractivity contribution is 5.81. The third-order valence-electron chi connectivity index (χ3n) is 5.06. The summed E-state index contributed by atoms with van der Waals surface area (Å²) < 4.78 is 11.8. The molecule has 0 fully saturated rings. The quantitative estimate of drug-likeness (QED) is 0.241. The van der Waals surface area contributed by atoms with Crippen LogP contribution in [0.5, 0.6) is 23.0 Å². The fourth-order valence-corrected chi connectivity index (χ4v) is 3.30. The Kier molecular flexibility index (Phi) is 6.42. The van der Waals surface area contributed by atoms with Crippen LogP contribution in [-0.4, -0.2) is 0 Å². The van der Waals surface area contributed by atoms with Crippen LogP contribution in [-0.2, 0) is 0 Å². The molecule has 160 valence electrons. The Hall–Kier alpha value is -4.18. The van der Waals surface area contributed by atoms with Crippen LogP contribution in [0.4, 0.5) is 11.4 Å². The number of ether oxygens (including phenoxy) is 2. The molecule has 0 aliphatic carbocycles. The lowest BCUT2D eigenvalue weighted by molar-refractivity contribution is 0.482. The van der Waals surface area contributed by atoms with E-state index in [1.807, 2.05) is 72.8 Å². The minimum Gasteiger partial charge on any atom is -0.457 e. The molecule has 0 heterocycles. The van der Waals surface area contributed by atoms with E-state index >= 15 is 0 Å². The molecule has 0 bridgehead atoms. The highest BCUT2D eigenvalue weighted by atomic mass is 16.5. The smallest absolute Gasteiger partial charge is 0.127 e. The Morgan fingerprint density at radius 1 is 0.594 bits per heavy atom. The average Bonchev–Trinajstić information content (AvgIpc) is 2.82. The summed E-state index contributed by atoms with van der Waals surface area (Å²) in [5.41, 5.74) is 16.4. The van der Waals surface area contributed by atoms with Crippen molar-refractivity contribution in [3.8, 4) is 23.0 Å². The van der Waals surface area contributed by atoms with Gasteiger partial charge >= 0.3 is 0 Å². The molecule has 0 aliphatic rings. The zero-order chi connectivity index (χ0) is 22.3. The van der Waals surface area contributed by atoms with Crippen LogP contribution in [0.1, 0.15) is 24.5 Å². The maximum absolute atomic E-state index is 5.89. The number of benzene rings is 4. The van der Waals surface area contributed by atoms with Gasteiger partial charge in [0, 0.05) is 11.4 Å². The first-order valence-corrected chi connectivity index (χ1v) is 10.6. The molecule has 4 nitrogen and oxygen atoms in total. The molecule has 0 spiro atoms. The fraction of sp³-hybridized carbons (Fsp3) is 0.0714. The standard InChI is InChI=1S/C28H26N2O2/c1-2-21(22-5-13-26(14-6-22)32-28-17-9-24(30)10-18-28)19-20-3-11-25(12-4-20)31-27-15-7-23(29)8-16-27/h3-19H,2,29-30H2,1H3/b21-19+. The maximum atomic E-state index is 5.89. The first kappa shape index (κ1) is 21.1. The minimum atomic E-state index is 0.717. The van der Waals surface area contributed by atoms with Crippen LogP contribution in [0.25, 0.3) is 11.6 Å². The molecule has 0 atom stereocenters. The molecular weight excluding hydrogens is 396 g/mol. The lowest BCUT2D eigenvalue weighted by Crippen LogP contribution is -1.88. The molecular formula is C28H26N2O2. The van der Waals surface area contributed by atoms with E-state index in [0.717, 1.165) is 46.4 Å². The minimum absolute atomic E-state index is 0.717. The van der Waals surface area contributed by atoms with Crippen molar-refractivity contribution in [3.05, 3.63) is 108 Å². The van der Waals surface area contributed by atoms with E-state index < -0.39 is 0 Å². The molecule has 0 saturated carbocycles. The van der Waals surface area contributed by atoms with E-state index in [4.69, 9.17) is 20.9 Å². The van der Waals surface area contributed by atoms with Crippen molar-refractivity contribution in [3.63, 3.8) is 0 Å². The van der Waals surface area contributed by atoms with Gasteiger partial charge in [-0.25, -0.2) is 0 Å². The van der Waals surface area contributed by atoms with E-state index in [1.165, 1.54) is 11.1 Å². The molecule has 0 amide bonds. The lowest BCUT2D eigenvalue weighted by atomic mass is 10.0. The lowest BCUT2D eigenvalue weighted by Gasteiger charge is -2.10. The predicted molar refractivity (Wildman–Crippen MR) is 133 cm³/mol. The molecule has 0 aromatic heterocycles. The number of hydrogen-bond donors (Lipinski definition) is 2. The number of nitrogens with two attached hydrogens (primary N) is 2. The normalized spacial score (nSPS) is 11.2. The van der Waals surface area contributed by atoms with Crippen LogP contribution >= 0.6 is 0 Å². The van der Waals surface area contributed by atoms with Crippen molar-refractivity contribution >= 4 is 23.0 Å². The average molecular weight is 423 g/mol. The summed E-state index contributed by atoms with van der Waals surface area (Å²) in [6.45, 7) is 2.16. The van der Waals surface area contributed by atoms with Crippen LogP contribution in [0, 0.1) is 0 Å². The first-order valence-electron chi connectivity index (χ1n) is 10.6. The molecule has 32 heavy (non-hydrogen) atoms. The van der Waals surface area contributed by atoms with Crippen molar-refractivity contribution in [2.75, 3.05) is 11.5 Å². The van der Waals surface area contributed by atoms with Crippen molar-refractivity contribution in [1.29, 1.82) is 0 Å². The second-order valence-electron chi connectivity index (χ2n) is 7.46. The monoisotopic (exact) mass is 422 g/mol. The van der Waals surface area contributed by atoms with Gasteiger partial charge in [-0.15, -0.1) is 0 Å². The topological polar surface area (TPSA) is 70.5 Å². The summed E-state index contributed by atoms with van der Waals surface area (Å²) in [5.74, 6) is 3.10. The van der Waals surface area contributed by atoms with Crippen molar-refractivity contribution in [2.45, 2.75) is 13.3 Å². The van der Waals surface area contributed by atoms with E-state index in [2.05, 4.69) is 37.3 Å². The third kappa shape index (κ3) is 5.49. The van der Waals surface area contributed by atoms with Gasteiger partial charge in [-0.1, -0.05) is 37.3 Å². The van der Waals surface area contributed by atoms with Gasteiger partial charge in [-0.2, -0.15) is 0 Å². The van der Waals surface area contributed by atoms with Crippen molar-refractivity contribution < 1.29 is 9.47 Å². The Morgan fingerprint density at radius 2 is 0.969 bits per heavy atom. The highest BCUT2D eigenvalue weighted by Crippen LogP contribution is 2.28. The second-order valence-corrected chi connectivity index (χ2v) is 7.46. The van der Waals surface area contributed by atoms with Gasteiger partial charge in [0.05, 0.1) is 0 Å². The SMILES string of the molecule is CC/C(=C\c1ccc(Oc2ccc(N)cc2)cc1)c1ccc(Oc2ccc(N)cc2)cc1. The molecule has 4 N–H and O–H groups in total. The van der Waals surface area contributed by atoms with Crippen LogP contribution in [0.3, 0.4) is 0 Å². The Bertz CT molecular complexity index is 1180. The zero-order valence-electron chi connectivity index (χ0n) is 18.0. The molecule has 4 heteroatoms. The maximum Gasteiger partial charge on any atom is 0.127 e. The summed E-state index contributed by atoms with van der Waals surface area (Å²) in [6.07, 6.45) is 3.12. The first-order chi connectivity index (χ1) is 15.6. The van der Waals surface area contributed by atoms with Gasteiger partial charge in [0.15, 0.2) is 0 Å². The number of anilines is 2. The Morgan fingerprint density at radius 3 is 1.38 bits per heavy atom. The summed E-state index contributed by atoms with van der Waals surface area (Å²) in [4.78, 5) is 0. The van der Waals surface area contributed by atoms with E-state index in [1.54, 1.807) is 0 Å². The van der Waals surface area contributed by atoms with Gasteiger partial charge in [-0.05, 0) is 95.9 Å². The molecule has 0 saturated heterocycles. The largest absolute Gasteiger partial charge is 0.457 e. The number of hydrogen-bond acceptors (Lipinski definition) is 4. The molecule has 4 aromatic rings. The Labute approximate surface area is 188 Å². The summed E-state index contributed by atoms with van der Waals surface area (Å²) in [6, 6.07) is 30.9. The Balaban J connectivity index is 1.44. The molecule has 4 aromatic carbocycles. The summed E-state index contributed by atoms with van der Waals surface area (Å²) in [7, 11) is 0. The van der Waals surface area contributed by atoms with Crippen molar-refractivity contribution in [1.82, 2.24) is 0 Å². The van der Waals surface area contributed by atoms with Crippen LogP contribution in [0.15, 0.2) is 97.1 Å². The number of nitrogen functional groups attached to an aromatic ring is 2. The van der Waals surface area contributed by atoms with Crippen LogP contribution < -0.4 is 20.9 Å². The van der Waals surface area contributed by atoms with E-state index in [-0.39, 0.29) is 0 Å². The van der Waals surface area contributed by atoms with E-state index in [0.29, 0.717) is 0 Å². The molecule has 4 rings (SSSR count). The van der Waals surface area contributed by atoms with Crippen LogP contribution in [0.2, 0.25) is 0 Å². The van der Waals surface area contributed by atoms with Gasteiger partial charge in [0.1, 0.15) is 23.0 Å². The van der Waals surface area contributed by atoms with Crippen molar-refractivity contribution in [2.24, 2.45) is 0 Å². The van der Waals surface area contributed by atoms with Gasteiger partial charge in [-0.3, -0.25) is 0 Å². The second kappa shape index (κ2) is 9.75. The summed E-state index contributed by atoms with van der Waals surface area (Å²) >= 11 is 0. The molecule has 0 aliphatic heterocycles. The highest BCUT2D eigenvalue weighted by Gasteiger charge is 2.03. The van der Waals surface area contributed by atoms with Gasteiger partial charge in [0.2, 0.25) is 0 Å². The number of allylic oxidation sites excluding steroid dienone is 1.